The minimum absolute atomic E-state index is 0.0481. The number of alkyl halides is 6. The molecule has 55 heavy (non-hydrogen) atoms. The molecule has 1 saturated heterocycles. The van der Waals surface area contributed by atoms with Crippen LogP contribution in [0.4, 0.5) is 9.59 Å². The molecule has 0 unspecified atom stereocenters. The molecular formula is C34H36Cl6NO13P. The number of hydrogen-bond acceptors (Lipinski definition) is 13. The average Bonchev–Trinajstić information content (AvgIpc) is 3.10. The Labute approximate surface area is 346 Å². The first-order valence-corrected chi connectivity index (χ1v) is 19.8. The average molecular weight is 910 g/mol. The van der Waals surface area contributed by atoms with Crippen LogP contribution in [0.1, 0.15) is 19.4 Å². The van der Waals surface area contributed by atoms with E-state index in [-0.39, 0.29) is 24.9 Å². The van der Waals surface area contributed by atoms with Gasteiger partial charge in [0.15, 0.2) is 18.0 Å². The van der Waals surface area contributed by atoms with E-state index in [4.69, 9.17) is 112 Å². The maximum absolute atomic E-state index is 14.7. The molecule has 2 N–H and O–H groups in total. The van der Waals surface area contributed by atoms with Crippen LogP contribution in [0.3, 0.4) is 0 Å². The Balaban J connectivity index is 1.71. The van der Waals surface area contributed by atoms with Gasteiger partial charge in [-0.05, 0) is 43.7 Å². The van der Waals surface area contributed by atoms with Crippen LogP contribution in [0, 0.1) is 0 Å². The second-order valence-electron chi connectivity index (χ2n) is 12.0. The molecule has 0 bridgehead atoms. The largest absolute Gasteiger partial charge is 0.588 e. The van der Waals surface area contributed by atoms with Gasteiger partial charge in [0.1, 0.15) is 43.1 Å². The Hall–Kier alpha value is -2.43. The predicted octanol–water partition coefficient (Wildman–Crippen LogP) is 8.68. The number of rotatable bonds is 16. The van der Waals surface area contributed by atoms with Gasteiger partial charge in [-0.3, -0.25) is 4.52 Å². The number of phosphoric acid groups is 1. The molecule has 0 aliphatic carbocycles. The Morgan fingerprint density at radius 1 is 0.818 bits per heavy atom. The maximum Gasteiger partial charge on any atom is 0.588 e. The van der Waals surface area contributed by atoms with Gasteiger partial charge in [0.05, 0.1) is 13.2 Å². The number of para-hydroxylation sites is 2. The SMILES string of the molecule is CC(C)(OC(=O)O[C@@H]1[C@@H](NC(=O)OCC(Cl)(Cl)Cl)[C@@H](O)O[C@H](COCOCc2ccccc2)[C@H]1OP(=O)(Oc1ccccc1)Oc1ccccc1)C(Cl)(Cl)Cl. The van der Waals surface area contributed by atoms with E-state index in [1.54, 1.807) is 36.4 Å². The molecule has 3 aromatic carbocycles. The summed E-state index contributed by atoms with van der Waals surface area (Å²) in [6.45, 7) is 1.25. The van der Waals surface area contributed by atoms with Crippen molar-refractivity contribution in [3.05, 3.63) is 96.6 Å². The zero-order valence-electron chi connectivity index (χ0n) is 28.9. The van der Waals surface area contributed by atoms with E-state index < -0.39 is 77.1 Å². The lowest BCUT2D eigenvalue weighted by Gasteiger charge is -2.44. The Bertz CT molecular complexity index is 1660. The van der Waals surface area contributed by atoms with Crippen LogP contribution >= 0.6 is 77.4 Å². The number of halogens is 6. The van der Waals surface area contributed by atoms with Crippen LogP contribution in [0.25, 0.3) is 0 Å². The first-order chi connectivity index (χ1) is 25.8. The topological polar surface area (TPSA) is 167 Å². The molecule has 4 rings (SSSR count). The van der Waals surface area contributed by atoms with Gasteiger partial charge in [0.25, 0.3) is 0 Å². The number of carbonyl (C=O) groups is 2. The second-order valence-corrected chi connectivity index (χ2v) is 18.3. The van der Waals surface area contributed by atoms with Crippen molar-refractivity contribution in [2.45, 2.75) is 64.3 Å². The van der Waals surface area contributed by atoms with Crippen molar-refractivity contribution in [3.8, 4) is 11.5 Å². The highest BCUT2D eigenvalue weighted by Gasteiger charge is 2.54. The zero-order valence-corrected chi connectivity index (χ0v) is 34.4. The monoisotopic (exact) mass is 907 g/mol. The van der Waals surface area contributed by atoms with E-state index in [1.165, 1.54) is 38.1 Å². The lowest BCUT2D eigenvalue weighted by molar-refractivity contribution is -0.259. The van der Waals surface area contributed by atoms with Crippen LogP contribution in [-0.4, -0.2) is 81.2 Å². The number of amides is 1. The van der Waals surface area contributed by atoms with Crippen LogP contribution in [0.5, 0.6) is 11.5 Å². The number of ether oxygens (including phenoxy) is 6. The van der Waals surface area contributed by atoms with Gasteiger partial charge in [-0.25, -0.2) is 14.2 Å². The van der Waals surface area contributed by atoms with Crippen LogP contribution in [0.2, 0.25) is 0 Å². The third-order valence-corrected chi connectivity index (χ3v) is 10.4. The summed E-state index contributed by atoms with van der Waals surface area (Å²) in [4.78, 5) is 26.4. The highest BCUT2D eigenvalue weighted by atomic mass is 35.6. The number of aliphatic hydroxyl groups is 1. The lowest BCUT2D eigenvalue weighted by atomic mass is 9.97. The molecule has 0 radical (unpaired) electrons. The molecule has 1 aliphatic rings. The van der Waals surface area contributed by atoms with Gasteiger partial charge < -0.3 is 47.9 Å². The van der Waals surface area contributed by atoms with Gasteiger partial charge in [-0.15, -0.1) is 0 Å². The molecule has 0 aromatic heterocycles. The molecule has 1 amide bonds. The van der Waals surface area contributed by atoms with Gasteiger partial charge in [0.2, 0.25) is 7.59 Å². The molecule has 302 valence electrons. The number of aliphatic hydroxyl groups excluding tert-OH is 1. The van der Waals surface area contributed by atoms with E-state index in [9.17, 15) is 19.3 Å². The highest BCUT2D eigenvalue weighted by molar-refractivity contribution is 7.49. The first kappa shape index (κ1) is 45.3. The van der Waals surface area contributed by atoms with Crippen molar-refractivity contribution >= 4 is 89.7 Å². The van der Waals surface area contributed by atoms with Crippen molar-refractivity contribution in [1.29, 1.82) is 0 Å². The number of nitrogens with one attached hydrogen (secondary N) is 1. The van der Waals surface area contributed by atoms with Gasteiger partial charge in [-0.2, -0.15) is 0 Å². The van der Waals surface area contributed by atoms with Crippen molar-refractivity contribution in [1.82, 2.24) is 5.32 Å². The Kier molecular flexibility index (Phi) is 16.7. The molecule has 1 heterocycles. The molecule has 21 heteroatoms. The third-order valence-electron chi connectivity index (χ3n) is 7.30. The first-order valence-electron chi connectivity index (χ1n) is 16.1. The van der Waals surface area contributed by atoms with E-state index >= 15 is 0 Å². The molecule has 0 spiro atoms. The van der Waals surface area contributed by atoms with Crippen LogP contribution < -0.4 is 14.4 Å². The summed E-state index contributed by atoms with van der Waals surface area (Å²) in [5.74, 6) is 0.0961. The quantitative estimate of drug-likeness (QED) is 0.0461. The zero-order chi connectivity index (χ0) is 40.3. The Morgan fingerprint density at radius 2 is 1.36 bits per heavy atom. The molecule has 3 aromatic rings. The number of benzene rings is 3. The summed E-state index contributed by atoms with van der Waals surface area (Å²) in [7, 11) is -4.86. The van der Waals surface area contributed by atoms with Gasteiger partial charge in [0, 0.05) is 0 Å². The van der Waals surface area contributed by atoms with Crippen molar-refractivity contribution in [2.24, 2.45) is 0 Å². The van der Waals surface area contributed by atoms with Gasteiger partial charge in [-0.1, -0.05) is 136 Å². The van der Waals surface area contributed by atoms with Crippen LogP contribution in [-0.2, 0) is 44.1 Å². The Morgan fingerprint density at radius 3 is 1.89 bits per heavy atom. The summed E-state index contributed by atoms with van der Waals surface area (Å²) >= 11 is 35.3. The predicted molar refractivity (Wildman–Crippen MR) is 204 cm³/mol. The van der Waals surface area contributed by atoms with Gasteiger partial charge >= 0.3 is 20.1 Å². The summed E-state index contributed by atoms with van der Waals surface area (Å²) in [6.07, 6.45) is -9.88. The van der Waals surface area contributed by atoms with Crippen molar-refractivity contribution in [2.75, 3.05) is 20.0 Å². The fraction of sp³-hybridized carbons (Fsp3) is 0.412. The number of phosphoric ester groups is 1. The highest BCUT2D eigenvalue weighted by Crippen LogP contribution is 2.52. The fourth-order valence-electron chi connectivity index (χ4n) is 4.59. The molecule has 1 aliphatic heterocycles. The second kappa shape index (κ2) is 20.3. The smallest absolute Gasteiger partial charge is 0.445 e. The molecular weight excluding hydrogens is 874 g/mol. The standard InChI is InChI=1S/C34H36Cl6NO13P/c1-32(2,34(38,39)40)51-31(44)50-28-26(41-30(43)48-20-33(35,36)37)29(42)49-25(19-47-21-46-18-22-12-6-3-7-13-22)27(28)54-55(45,52-23-14-8-4-9-15-23)53-24-16-10-5-11-17-24/h3-17,25-29,42H,18-21H2,1-2H3,(H,41,43)/t25-,26-,27-,28-,29+/m1/s1. The van der Waals surface area contributed by atoms with E-state index in [0.29, 0.717) is 0 Å². The molecule has 5 atom stereocenters. The van der Waals surface area contributed by atoms with E-state index in [1.807, 2.05) is 30.3 Å². The molecule has 14 nitrogen and oxygen atoms in total. The molecule has 1 fully saturated rings. The number of carbonyl (C=O) groups excluding carboxylic acids is 2. The summed E-state index contributed by atoms with van der Waals surface area (Å²) in [6, 6.07) is 23.1. The molecule has 0 saturated carbocycles. The fourth-order valence-corrected chi connectivity index (χ4v) is 6.31. The maximum atomic E-state index is 14.7. The normalized spacial score (nSPS) is 20.6. The minimum Gasteiger partial charge on any atom is -0.445 e. The van der Waals surface area contributed by atoms with Crippen molar-refractivity contribution in [3.63, 3.8) is 0 Å². The van der Waals surface area contributed by atoms with Crippen LogP contribution in [0.15, 0.2) is 91.0 Å². The minimum atomic E-state index is -4.86. The number of alkyl carbamates (subject to hydrolysis) is 1. The van der Waals surface area contributed by atoms with Crippen molar-refractivity contribution < 1.29 is 61.3 Å². The summed E-state index contributed by atoms with van der Waals surface area (Å²) in [5.41, 5.74) is -0.948. The summed E-state index contributed by atoms with van der Waals surface area (Å²) < 4.78 is 61.3. The van der Waals surface area contributed by atoms with E-state index in [0.717, 1.165) is 5.56 Å². The van der Waals surface area contributed by atoms with E-state index in [2.05, 4.69) is 5.32 Å². The number of hydrogen-bond donors (Lipinski definition) is 2. The summed E-state index contributed by atoms with van der Waals surface area (Å²) in [5, 5.41) is 13.5. The lowest BCUT2D eigenvalue weighted by Crippen LogP contribution is -2.66. The third kappa shape index (κ3) is 14.8.